The van der Waals surface area contributed by atoms with Crippen molar-refractivity contribution in [3.05, 3.63) is 23.3 Å². The van der Waals surface area contributed by atoms with Gasteiger partial charge in [-0.15, -0.1) is 0 Å². The van der Waals surface area contributed by atoms with Gasteiger partial charge in [0.1, 0.15) is 6.61 Å². The van der Waals surface area contributed by atoms with E-state index in [0.717, 1.165) is 12.0 Å². The third-order valence-corrected chi connectivity index (χ3v) is 2.44. The van der Waals surface area contributed by atoms with Gasteiger partial charge in [-0.2, -0.15) is 0 Å². The second-order valence-electron chi connectivity index (χ2n) is 3.83. The summed E-state index contributed by atoms with van der Waals surface area (Å²) < 4.78 is 10.4. The van der Waals surface area contributed by atoms with Crippen LogP contribution in [0.25, 0.3) is 0 Å². The SMILES string of the molecule is CC(=O)OCC=C(C)C1CC(C)=CCO1. The Labute approximate surface area is 90.8 Å². The lowest BCUT2D eigenvalue weighted by Gasteiger charge is -2.22. The molecule has 0 aliphatic carbocycles. The first-order valence-corrected chi connectivity index (χ1v) is 5.17. The predicted octanol–water partition coefficient (Wildman–Crippen LogP) is 2.23. The smallest absolute Gasteiger partial charge is 0.302 e. The van der Waals surface area contributed by atoms with Gasteiger partial charge >= 0.3 is 5.97 Å². The van der Waals surface area contributed by atoms with Gasteiger partial charge in [0.15, 0.2) is 0 Å². The standard InChI is InChI=1S/C12H18O3/c1-9-4-6-15-12(8-9)10(2)5-7-14-11(3)13/h4-5,12H,6-8H2,1-3H3. The third-order valence-electron chi connectivity index (χ3n) is 2.44. The van der Waals surface area contributed by atoms with Crippen LogP contribution < -0.4 is 0 Å². The number of hydrogen-bond donors (Lipinski definition) is 0. The number of carbonyl (C=O) groups is 1. The van der Waals surface area contributed by atoms with E-state index in [1.54, 1.807) is 0 Å². The molecular weight excluding hydrogens is 192 g/mol. The zero-order valence-electron chi connectivity index (χ0n) is 9.58. The highest BCUT2D eigenvalue weighted by atomic mass is 16.5. The van der Waals surface area contributed by atoms with E-state index in [9.17, 15) is 4.79 Å². The van der Waals surface area contributed by atoms with Crippen molar-refractivity contribution >= 4 is 5.97 Å². The van der Waals surface area contributed by atoms with E-state index in [0.29, 0.717) is 13.2 Å². The fourth-order valence-electron chi connectivity index (χ4n) is 1.46. The van der Waals surface area contributed by atoms with Crippen LogP contribution in [0.1, 0.15) is 27.2 Å². The average molecular weight is 210 g/mol. The molecule has 0 aromatic heterocycles. The van der Waals surface area contributed by atoms with Crippen molar-refractivity contribution in [1.82, 2.24) is 0 Å². The molecule has 0 aromatic rings. The molecule has 0 fully saturated rings. The van der Waals surface area contributed by atoms with E-state index in [1.165, 1.54) is 12.5 Å². The van der Waals surface area contributed by atoms with Crippen molar-refractivity contribution in [2.24, 2.45) is 0 Å². The normalized spacial score (nSPS) is 22.2. The Morgan fingerprint density at radius 2 is 2.40 bits per heavy atom. The topological polar surface area (TPSA) is 35.5 Å². The molecule has 0 bridgehead atoms. The summed E-state index contributed by atoms with van der Waals surface area (Å²) in [5, 5.41) is 0. The second kappa shape index (κ2) is 5.71. The van der Waals surface area contributed by atoms with Crippen molar-refractivity contribution in [2.75, 3.05) is 13.2 Å². The highest BCUT2D eigenvalue weighted by molar-refractivity contribution is 5.66. The van der Waals surface area contributed by atoms with Gasteiger partial charge in [-0.3, -0.25) is 4.79 Å². The van der Waals surface area contributed by atoms with Crippen LogP contribution >= 0.6 is 0 Å². The van der Waals surface area contributed by atoms with Crippen molar-refractivity contribution in [2.45, 2.75) is 33.3 Å². The summed E-state index contributed by atoms with van der Waals surface area (Å²) in [6.07, 6.45) is 5.08. The van der Waals surface area contributed by atoms with E-state index >= 15 is 0 Å². The molecule has 3 heteroatoms. The van der Waals surface area contributed by atoms with E-state index < -0.39 is 0 Å². The minimum absolute atomic E-state index is 0.144. The second-order valence-corrected chi connectivity index (χ2v) is 3.83. The zero-order chi connectivity index (χ0) is 11.3. The molecule has 15 heavy (non-hydrogen) atoms. The summed E-state index contributed by atoms with van der Waals surface area (Å²) in [7, 11) is 0. The zero-order valence-corrected chi connectivity index (χ0v) is 9.58. The maximum absolute atomic E-state index is 10.6. The maximum Gasteiger partial charge on any atom is 0.302 e. The Balaban J connectivity index is 2.42. The Kier molecular flexibility index (Phi) is 4.56. The van der Waals surface area contributed by atoms with Crippen LogP contribution in [-0.4, -0.2) is 25.3 Å². The molecule has 1 heterocycles. The first kappa shape index (κ1) is 12.0. The van der Waals surface area contributed by atoms with Gasteiger partial charge in [0.25, 0.3) is 0 Å². The van der Waals surface area contributed by atoms with Crippen molar-refractivity contribution in [3.8, 4) is 0 Å². The van der Waals surface area contributed by atoms with Crippen LogP contribution in [0.3, 0.4) is 0 Å². The Morgan fingerprint density at radius 1 is 1.67 bits per heavy atom. The molecule has 0 amide bonds. The van der Waals surface area contributed by atoms with Gasteiger partial charge < -0.3 is 9.47 Å². The molecule has 1 atom stereocenters. The molecule has 0 radical (unpaired) electrons. The number of hydrogen-bond acceptors (Lipinski definition) is 3. The molecule has 0 spiro atoms. The highest BCUT2D eigenvalue weighted by Gasteiger charge is 2.14. The third kappa shape index (κ3) is 4.30. The lowest BCUT2D eigenvalue weighted by atomic mass is 10.0. The average Bonchev–Trinajstić information content (AvgIpc) is 2.17. The fourth-order valence-corrected chi connectivity index (χ4v) is 1.46. The van der Waals surface area contributed by atoms with Gasteiger partial charge in [-0.1, -0.05) is 11.6 Å². The molecule has 0 saturated heterocycles. The summed E-state index contributed by atoms with van der Waals surface area (Å²) in [4.78, 5) is 10.6. The van der Waals surface area contributed by atoms with Crippen LogP contribution in [0.4, 0.5) is 0 Å². The Bertz CT molecular complexity index is 289. The quantitative estimate of drug-likeness (QED) is 0.529. The van der Waals surface area contributed by atoms with E-state index in [4.69, 9.17) is 9.47 Å². The van der Waals surface area contributed by atoms with Crippen LogP contribution in [0.2, 0.25) is 0 Å². The first-order valence-electron chi connectivity index (χ1n) is 5.17. The van der Waals surface area contributed by atoms with Crippen molar-refractivity contribution < 1.29 is 14.3 Å². The predicted molar refractivity (Wildman–Crippen MR) is 58.5 cm³/mol. The van der Waals surface area contributed by atoms with Gasteiger partial charge in [0, 0.05) is 6.92 Å². The van der Waals surface area contributed by atoms with Crippen LogP contribution in [0.5, 0.6) is 0 Å². The molecule has 0 N–H and O–H groups in total. The Hall–Kier alpha value is -1.09. The number of ether oxygens (including phenoxy) is 2. The first-order chi connectivity index (χ1) is 7.09. The number of carbonyl (C=O) groups excluding carboxylic acids is 1. The van der Waals surface area contributed by atoms with E-state index in [-0.39, 0.29) is 12.1 Å². The van der Waals surface area contributed by atoms with Crippen molar-refractivity contribution in [1.29, 1.82) is 0 Å². The molecule has 0 saturated carbocycles. The highest BCUT2D eigenvalue weighted by Crippen LogP contribution is 2.19. The minimum Gasteiger partial charge on any atom is -0.462 e. The molecule has 0 aromatic carbocycles. The van der Waals surface area contributed by atoms with E-state index in [1.807, 2.05) is 13.0 Å². The summed E-state index contributed by atoms with van der Waals surface area (Å²) in [5.41, 5.74) is 2.48. The molecule has 1 unspecified atom stereocenters. The number of esters is 1. The van der Waals surface area contributed by atoms with E-state index in [2.05, 4.69) is 13.0 Å². The summed E-state index contributed by atoms with van der Waals surface area (Å²) in [5.74, 6) is -0.250. The molecule has 1 aliphatic rings. The lowest BCUT2D eigenvalue weighted by Crippen LogP contribution is -2.19. The minimum atomic E-state index is -0.250. The molecule has 84 valence electrons. The number of rotatable bonds is 3. The molecular formula is C12H18O3. The van der Waals surface area contributed by atoms with Crippen molar-refractivity contribution in [3.63, 3.8) is 0 Å². The monoisotopic (exact) mass is 210 g/mol. The summed E-state index contributed by atoms with van der Waals surface area (Å²) in [6.45, 7) is 6.54. The van der Waals surface area contributed by atoms with Gasteiger partial charge in [-0.05, 0) is 31.9 Å². The molecule has 1 aliphatic heterocycles. The summed E-state index contributed by atoms with van der Waals surface area (Å²) >= 11 is 0. The maximum atomic E-state index is 10.6. The van der Waals surface area contributed by atoms with Crippen LogP contribution in [0, 0.1) is 0 Å². The fraction of sp³-hybridized carbons (Fsp3) is 0.583. The summed E-state index contributed by atoms with van der Waals surface area (Å²) in [6, 6.07) is 0. The van der Waals surface area contributed by atoms with Gasteiger partial charge in [-0.25, -0.2) is 0 Å². The largest absolute Gasteiger partial charge is 0.462 e. The van der Waals surface area contributed by atoms with Crippen LogP contribution in [0.15, 0.2) is 23.3 Å². The lowest BCUT2D eigenvalue weighted by molar-refractivity contribution is -0.139. The van der Waals surface area contributed by atoms with Gasteiger partial charge in [0.2, 0.25) is 0 Å². The molecule has 3 nitrogen and oxygen atoms in total. The van der Waals surface area contributed by atoms with Gasteiger partial charge in [0.05, 0.1) is 12.7 Å². The van der Waals surface area contributed by atoms with Crippen LogP contribution in [-0.2, 0) is 14.3 Å². The Morgan fingerprint density at radius 3 is 3.00 bits per heavy atom. The molecule has 1 rings (SSSR count).